The second kappa shape index (κ2) is 5.95. The topological polar surface area (TPSA) is 18.5 Å². The van der Waals surface area contributed by atoms with E-state index >= 15 is 0 Å². The van der Waals surface area contributed by atoms with Gasteiger partial charge < -0.3 is 9.47 Å². The molecule has 2 heteroatoms. The van der Waals surface area contributed by atoms with Crippen molar-refractivity contribution in [2.45, 2.75) is 46.0 Å². The third-order valence-electron chi connectivity index (χ3n) is 2.75. The summed E-state index contributed by atoms with van der Waals surface area (Å²) in [5, 5.41) is 0. The Bertz CT molecular complexity index is 350. The zero-order valence-electron chi connectivity index (χ0n) is 11.7. The minimum Gasteiger partial charge on any atom is -0.496 e. The van der Waals surface area contributed by atoms with Crippen LogP contribution in [0.1, 0.15) is 46.1 Å². The zero-order valence-corrected chi connectivity index (χ0v) is 11.7. The van der Waals surface area contributed by atoms with Gasteiger partial charge in [-0.1, -0.05) is 34.1 Å². The minimum atomic E-state index is 0.0650. The third kappa shape index (κ3) is 3.95. The normalized spacial score (nSPS) is 11.4. The van der Waals surface area contributed by atoms with Gasteiger partial charge in [0.1, 0.15) is 11.5 Å². The van der Waals surface area contributed by atoms with E-state index in [9.17, 15) is 0 Å². The quantitative estimate of drug-likeness (QED) is 0.714. The molecule has 1 aromatic rings. The van der Waals surface area contributed by atoms with Crippen LogP contribution in [0, 0.1) is 0 Å². The highest BCUT2D eigenvalue weighted by atomic mass is 16.5. The van der Waals surface area contributed by atoms with Crippen LogP contribution in [0.3, 0.4) is 0 Å². The molecule has 0 saturated carbocycles. The van der Waals surface area contributed by atoms with Crippen LogP contribution < -0.4 is 9.47 Å². The average Bonchev–Trinajstić information content (AvgIpc) is 2.28. The van der Waals surface area contributed by atoms with Gasteiger partial charge >= 0.3 is 0 Å². The Labute approximate surface area is 105 Å². The van der Waals surface area contributed by atoms with Crippen molar-refractivity contribution in [1.82, 2.24) is 0 Å². The van der Waals surface area contributed by atoms with Gasteiger partial charge in [-0.25, -0.2) is 0 Å². The second-order valence-electron chi connectivity index (χ2n) is 5.31. The number of rotatable bonds is 5. The molecule has 0 bridgehead atoms. The third-order valence-corrected chi connectivity index (χ3v) is 2.75. The van der Waals surface area contributed by atoms with E-state index in [1.807, 2.05) is 12.1 Å². The average molecular weight is 236 g/mol. The summed E-state index contributed by atoms with van der Waals surface area (Å²) >= 11 is 0. The van der Waals surface area contributed by atoms with E-state index in [1.54, 1.807) is 7.11 Å². The predicted octanol–water partition coefficient (Wildman–Crippen LogP) is 4.17. The molecule has 0 amide bonds. The number of benzene rings is 1. The van der Waals surface area contributed by atoms with Crippen LogP contribution >= 0.6 is 0 Å². The maximum absolute atomic E-state index is 5.73. The summed E-state index contributed by atoms with van der Waals surface area (Å²) in [5.41, 5.74) is 1.25. The van der Waals surface area contributed by atoms with Crippen molar-refractivity contribution in [3.63, 3.8) is 0 Å². The first-order valence-corrected chi connectivity index (χ1v) is 6.30. The Balaban J connectivity index is 2.89. The molecular formula is C15H24O2. The fraction of sp³-hybridized carbons (Fsp3) is 0.600. The van der Waals surface area contributed by atoms with E-state index in [-0.39, 0.29) is 5.41 Å². The van der Waals surface area contributed by atoms with Gasteiger partial charge in [0.15, 0.2) is 0 Å². The first kappa shape index (κ1) is 13.9. The second-order valence-corrected chi connectivity index (χ2v) is 5.31. The van der Waals surface area contributed by atoms with Gasteiger partial charge in [-0.3, -0.25) is 0 Å². The van der Waals surface area contributed by atoms with Crippen LogP contribution in [0.5, 0.6) is 11.5 Å². The highest BCUT2D eigenvalue weighted by Gasteiger charge is 2.19. The molecule has 1 aromatic carbocycles. The van der Waals surface area contributed by atoms with Crippen molar-refractivity contribution >= 4 is 0 Å². The zero-order chi connectivity index (χ0) is 12.9. The molecule has 2 nitrogen and oxygen atoms in total. The Kier molecular flexibility index (Phi) is 4.86. The molecule has 0 saturated heterocycles. The van der Waals surface area contributed by atoms with Crippen LogP contribution in [0.15, 0.2) is 18.2 Å². The Morgan fingerprint density at radius 1 is 1.18 bits per heavy atom. The Hall–Kier alpha value is -1.18. The largest absolute Gasteiger partial charge is 0.496 e. The molecular weight excluding hydrogens is 212 g/mol. The summed E-state index contributed by atoms with van der Waals surface area (Å²) in [6.07, 6.45) is 2.25. The number of hydrogen-bond donors (Lipinski definition) is 0. The minimum absolute atomic E-state index is 0.0650. The lowest BCUT2D eigenvalue weighted by Crippen LogP contribution is -2.13. The molecule has 0 aliphatic carbocycles. The highest BCUT2D eigenvalue weighted by Crippen LogP contribution is 2.34. The first-order chi connectivity index (χ1) is 7.99. The highest BCUT2D eigenvalue weighted by molar-refractivity contribution is 5.44. The molecule has 0 unspecified atom stereocenters. The van der Waals surface area contributed by atoms with Gasteiger partial charge in [-0.2, -0.15) is 0 Å². The van der Waals surface area contributed by atoms with Gasteiger partial charge in [0, 0.05) is 5.56 Å². The Morgan fingerprint density at radius 2 is 1.88 bits per heavy atom. The number of unbranched alkanes of at least 4 members (excludes halogenated alkanes) is 1. The summed E-state index contributed by atoms with van der Waals surface area (Å²) in [4.78, 5) is 0. The van der Waals surface area contributed by atoms with Crippen molar-refractivity contribution in [2.24, 2.45) is 0 Å². The van der Waals surface area contributed by atoms with Crippen molar-refractivity contribution in [3.05, 3.63) is 23.8 Å². The predicted molar refractivity (Wildman–Crippen MR) is 72.1 cm³/mol. The van der Waals surface area contributed by atoms with Crippen LogP contribution in [0.2, 0.25) is 0 Å². The van der Waals surface area contributed by atoms with E-state index in [0.29, 0.717) is 0 Å². The van der Waals surface area contributed by atoms with Crippen molar-refractivity contribution in [3.8, 4) is 11.5 Å². The van der Waals surface area contributed by atoms with Gasteiger partial charge in [0.2, 0.25) is 0 Å². The van der Waals surface area contributed by atoms with Crippen molar-refractivity contribution in [1.29, 1.82) is 0 Å². The van der Waals surface area contributed by atoms with E-state index in [2.05, 4.69) is 33.8 Å². The molecule has 0 atom stereocenters. The molecule has 0 heterocycles. The maximum Gasteiger partial charge on any atom is 0.122 e. The summed E-state index contributed by atoms with van der Waals surface area (Å²) in [6.45, 7) is 9.49. The molecule has 0 radical (unpaired) electrons. The van der Waals surface area contributed by atoms with E-state index in [1.165, 1.54) is 5.56 Å². The van der Waals surface area contributed by atoms with Gasteiger partial charge in [0.25, 0.3) is 0 Å². The molecule has 1 rings (SSSR count). The molecule has 17 heavy (non-hydrogen) atoms. The molecule has 0 fully saturated rings. The van der Waals surface area contributed by atoms with Gasteiger partial charge in [-0.05, 0) is 30.0 Å². The fourth-order valence-electron chi connectivity index (χ4n) is 1.70. The smallest absolute Gasteiger partial charge is 0.122 e. The number of ether oxygens (including phenoxy) is 2. The molecule has 96 valence electrons. The van der Waals surface area contributed by atoms with E-state index in [0.717, 1.165) is 30.9 Å². The first-order valence-electron chi connectivity index (χ1n) is 6.30. The summed E-state index contributed by atoms with van der Waals surface area (Å²) in [5.74, 6) is 1.87. The molecule has 0 aromatic heterocycles. The lowest BCUT2D eigenvalue weighted by molar-refractivity contribution is 0.307. The summed E-state index contributed by atoms with van der Waals surface area (Å²) in [7, 11) is 1.71. The SMILES string of the molecule is CCCCOc1ccc(OC)c(C(C)(C)C)c1. The van der Waals surface area contributed by atoms with E-state index < -0.39 is 0 Å². The fourth-order valence-corrected chi connectivity index (χ4v) is 1.70. The van der Waals surface area contributed by atoms with Crippen molar-refractivity contribution < 1.29 is 9.47 Å². The van der Waals surface area contributed by atoms with Crippen LogP contribution in [-0.2, 0) is 5.41 Å². The molecule has 0 aliphatic rings. The monoisotopic (exact) mass is 236 g/mol. The summed E-state index contributed by atoms with van der Waals surface area (Å²) in [6, 6.07) is 6.06. The van der Waals surface area contributed by atoms with Crippen LogP contribution in [0.25, 0.3) is 0 Å². The Morgan fingerprint density at radius 3 is 2.41 bits per heavy atom. The summed E-state index contributed by atoms with van der Waals surface area (Å²) < 4.78 is 11.1. The standard InChI is InChI=1S/C15H24O2/c1-6-7-10-17-12-8-9-14(16-5)13(11-12)15(2,3)4/h8-9,11H,6-7,10H2,1-5H3. The number of hydrogen-bond acceptors (Lipinski definition) is 2. The van der Waals surface area contributed by atoms with Crippen molar-refractivity contribution in [2.75, 3.05) is 13.7 Å². The maximum atomic E-state index is 5.73. The van der Waals surface area contributed by atoms with Crippen LogP contribution in [0.4, 0.5) is 0 Å². The van der Waals surface area contributed by atoms with Gasteiger partial charge in [-0.15, -0.1) is 0 Å². The lowest BCUT2D eigenvalue weighted by atomic mass is 9.86. The molecule has 0 N–H and O–H groups in total. The van der Waals surface area contributed by atoms with Crippen LogP contribution in [-0.4, -0.2) is 13.7 Å². The number of methoxy groups -OCH3 is 1. The lowest BCUT2D eigenvalue weighted by Gasteiger charge is -2.22. The van der Waals surface area contributed by atoms with E-state index in [4.69, 9.17) is 9.47 Å². The van der Waals surface area contributed by atoms with Gasteiger partial charge in [0.05, 0.1) is 13.7 Å². The molecule has 0 spiro atoms. The molecule has 0 aliphatic heterocycles.